The third kappa shape index (κ3) is 1.44. The Morgan fingerprint density at radius 3 is 2.93 bits per heavy atom. The second-order valence-corrected chi connectivity index (χ2v) is 3.80. The zero-order chi connectivity index (χ0) is 11.0. The predicted molar refractivity (Wildman–Crippen MR) is 67.0 cm³/mol. The number of nitrogens with two attached hydrogens (primary N) is 1. The summed E-state index contributed by atoms with van der Waals surface area (Å²) in [6.45, 7) is 2.06. The largest absolute Gasteiger partial charge is 0.411 e. The molecule has 1 aliphatic heterocycles. The molecule has 1 heterocycles. The van der Waals surface area contributed by atoms with E-state index >= 15 is 0 Å². The van der Waals surface area contributed by atoms with Crippen LogP contribution >= 0.6 is 0 Å². The highest BCUT2D eigenvalue weighted by Crippen LogP contribution is 2.34. The first-order chi connectivity index (χ1) is 7.15. The van der Waals surface area contributed by atoms with Crippen LogP contribution in [0.1, 0.15) is 11.1 Å². The molecule has 3 N–H and O–H groups in total. The first-order valence-electron chi connectivity index (χ1n) is 4.96. The Bertz CT molecular complexity index is 428. The van der Waals surface area contributed by atoms with Crippen molar-refractivity contribution < 1.29 is 0 Å². The number of fused-ring (bicyclic) bond motifs is 1. The zero-order valence-electron chi connectivity index (χ0n) is 9.33. The molecule has 15 heavy (non-hydrogen) atoms. The maximum Gasteiger partial charge on any atom is 0.353 e. The minimum atomic E-state index is 0.597. The number of nitrogens with one attached hydrogen (secondary N) is 1. The van der Waals surface area contributed by atoms with Crippen molar-refractivity contribution in [3.8, 4) is 0 Å². The van der Waals surface area contributed by atoms with E-state index in [2.05, 4.69) is 34.1 Å². The van der Waals surface area contributed by atoms with Crippen molar-refractivity contribution in [2.45, 2.75) is 6.92 Å². The van der Waals surface area contributed by atoms with Gasteiger partial charge in [0.15, 0.2) is 0 Å². The van der Waals surface area contributed by atoms with Gasteiger partial charge in [0.25, 0.3) is 0 Å². The van der Waals surface area contributed by atoms with Crippen LogP contribution in [0.3, 0.4) is 0 Å². The van der Waals surface area contributed by atoms with Crippen molar-refractivity contribution in [2.75, 3.05) is 24.1 Å². The minimum Gasteiger partial charge on any atom is -0.411 e. The summed E-state index contributed by atoms with van der Waals surface area (Å²) in [7, 11) is 4.59. The first-order valence-corrected chi connectivity index (χ1v) is 4.96. The van der Waals surface area contributed by atoms with Gasteiger partial charge in [0.2, 0.25) is 0 Å². The van der Waals surface area contributed by atoms with E-state index in [9.17, 15) is 0 Å². The molecule has 0 aromatic heterocycles. The van der Waals surface area contributed by atoms with E-state index in [1.165, 1.54) is 0 Å². The van der Waals surface area contributed by atoms with Crippen LogP contribution in [0.5, 0.6) is 0 Å². The van der Waals surface area contributed by atoms with Gasteiger partial charge in [0, 0.05) is 18.3 Å². The normalized spacial score (nSPS) is 14.6. The summed E-state index contributed by atoms with van der Waals surface area (Å²) in [5.41, 5.74) is 10.4. The summed E-state index contributed by atoms with van der Waals surface area (Å²) in [6.07, 6.45) is 0. The van der Waals surface area contributed by atoms with Crippen LogP contribution in [0, 0.1) is 6.92 Å². The zero-order valence-corrected chi connectivity index (χ0v) is 9.33. The van der Waals surface area contributed by atoms with E-state index in [0.717, 1.165) is 30.1 Å². The molecular formula is C10H15BN4. The third-order valence-electron chi connectivity index (χ3n) is 2.77. The van der Waals surface area contributed by atoms with E-state index in [1.807, 2.05) is 7.05 Å². The van der Waals surface area contributed by atoms with Gasteiger partial charge in [-0.1, -0.05) is 6.07 Å². The lowest BCUT2D eigenvalue weighted by molar-refractivity contribution is 1.30. The van der Waals surface area contributed by atoms with Crippen molar-refractivity contribution in [2.24, 2.45) is 10.7 Å². The fourth-order valence-corrected chi connectivity index (χ4v) is 1.95. The number of hydrogen-bond acceptors (Lipinski definition) is 3. The average molecular weight is 202 g/mol. The molecule has 78 valence electrons. The smallest absolute Gasteiger partial charge is 0.353 e. The maximum absolute atomic E-state index is 5.93. The Balaban J connectivity index is 2.67. The topological polar surface area (TPSA) is 53.6 Å². The van der Waals surface area contributed by atoms with Crippen LogP contribution in [-0.2, 0) is 0 Å². The molecule has 0 amide bonds. The van der Waals surface area contributed by atoms with E-state index in [4.69, 9.17) is 5.73 Å². The summed E-state index contributed by atoms with van der Waals surface area (Å²) in [5, 5.41) is 3.31. The SMILES string of the molecule is C/N=C(/N)c1c(C)ccc2c1N(C)BN2. The molecule has 0 fully saturated rings. The van der Waals surface area contributed by atoms with Crippen LogP contribution in [0.4, 0.5) is 11.4 Å². The summed E-state index contributed by atoms with van der Waals surface area (Å²) >= 11 is 0. The number of hydrogen-bond donors (Lipinski definition) is 2. The average Bonchev–Trinajstić information content (AvgIpc) is 2.60. The highest BCUT2D eigenvalue weighted by molar-refractivity contribution is 6.50. The van der Waals surface area contributed by atoms with Gasteiger partial charge in [-0.3, -0.25) is 4.99 Å². The standard InChI is InChI=1S/C10H15BN4/c1-6-4-5-7-9(15(3)11-14-7)8(6)10(12)13-2/h4-5,11,14H,1-3H3,(H2,12,13). The molecule has 0 radical (unpaired) electrons. The van der Waals surface area contributed by atoms with Gasteiger partial charge in [0.1, 0.15) is 5.84 Å². The Kier molecular flexibility index (Phi) is 2.30. The van der Waals surface area contributed by atoms with Crippen LogP contribution in [0.2, 0.25) is 0 Å². The van der Waals surface area contributed by atoms with Gasteiger partial charge in [-0.05, 0) is 25.6 Å². The molecule has 5 heteroatoms. The van der Waals surface area contributed by atoms with Crippen LogP contribution < -0.4 is 15.8 Å². The maximum atomic E-state index is 5.93. The number of amidine groups is 1. The predicted octanol–water partition coefficient (Wildman–Crippen LogP) is 0.458. The van der Waals surface area contributed by atoms with E-state index in [0.29, 0.717) is 5.84 Å². The third-order valence-corrected chi connectivity index (χ3v) is 2.77. The molecule has 2 rings (SSSR count). The van der Waals surface area contributed by atoms with Crippen molar-refractivity contribution >= 4 is 24.8 Å². The Morgan fingerprint density at radius 2 is 2.27 bits per heavy atom. The molecule has 1 aromatic rings. The van der Waals surface area contributed by atoms with Gasteiger partial charge in [-0.2, -0.15) is 0 Å². The van der Waals surface area contributed by atoms with Gasteiger partial charge in [-0.15, -0.1) is 0 Å². The summed E-state index contributed by atoms with van der Waals surface area (Å²) < 4.78 is 0. The molecule has 0 aliphatic carbocycles. The number of aryl methyl sites for hydroxylation is 1. The number of aliphatic imine (C=N–C) groups is 1. The molecule has 4 nitrogen and oxygen atoms in total. The molecule has 0 unspecified atom stereocenters. The first kappa shape index (κ1) is 9.89. The van der Waals surface area contributed by atoms with Crippen LogP contribution in [0.15, 0.2) is 17.1 Å². The monoisotopic (exact) mass is 202 g/mol. The molecule has 0 saturated heterocycles. The van der Waals surface area contributed by atoms with Crippen LogP contribution in [0.25, 0.3) is 0 Å². The summed E-state index contributed by atoms with van der Waals surface area (Å²) in [4.78, 5) is 6.22. The quantitative estimate of drug-likeness (QED) is 0.395. The summed E-state index contributed by atoms with van der Waals surface area (Å²) in [5.74, 6) is 0.597. The van der Waals surface area contributed by atoms with Crippen molar-refractivity contribution in [3.05, 3.63) is 23.3 Å². The van der Waals surface area contributed by atoms with Crippen molar-refractivity contribution in [3.63, 3.8) is 0 Å². The molecule has 0 saturated carbocycles. The van der Waals surface area contributed by atoms with Gasteiger partial charge in [-0.25, -0.2) is 0 Å². The Labute approximate surface area is 90.5 Å². The molecule has 1 aromatic carbocycles. The molecule has 1 aliphatic rings. The molecule has 0 atom stereocenters. The summed E-state index contributed by atoms with van der Waals surface area (Å²) in [6, 6.07) is 4.15. The number of benzene rings is 1. The van der Waals surface area contributed by atoms with Crippen LogP contribution in [-0.4, -0.2) is 27.5 Å². The van der Waals surface area contributed by atoms with E-state index < -0.39 is 0 Å². The van der Waals surface area contributed by atoms with E-state index in [-0.39, 0.29) is 0 Å². The second kappa shape index (κ2) is 3.49. The lowest BCUT2D eigenvalue weighted by Crippen LogP contribution is -2.24. The molecule has 0 bridgehead atoms. The highest BCUT2D eigenvalue weighted by Gasteiger charge is 2.22. The highest BCUT2D eigenvalue weighted by atomic mass is 15.2. The van der Waals surface area contributed by atoms with Gasteiger partial charge >= 0.3 is 7.55 Å². The molecular weight excluding hydrogens is 187 g/mol. The van der Waals surface area contributed by atoms with Gasteiger partial charge in [0.05, 0.1) is 5.69 Å². The second-order valence-electron chi connectivity index (χ2n) is 3.80. The minimum absolute atomic E-state index is 0.597. The van der Waals surface area contributed by atoms with Crippen molar-refractivity contribution in [1.82, 2.24) is 0 Å². The van der Waals surface area contributed by atoms with Gasteiger partial charge < -0.3 is 15.8 Å². The fraction of sp³-hybridized carbons (Fsp3) is 0.300. The lowest BCUT2D eigenvalue weighted by atomic mass is 10.0. The molecule has 0 spiro atoms. The Morgan fingerprint density at radius 1 is 1.53 bits per heavy atom. The number of rotatable bonds is 1. The van der Waals surface area contributed by atoms with Crippen molar-refractivity contribution in [1.29, 1.82) is 0 Å². The fourth-order valence-electron chi connectivity index (χ4n) is 1.95. The lowest BCUT2D eigenvalue weighted by Gasteiger charge is -2.17. The number of nitrogens with zero attached hydrogens (tertiary/aromatic N) is 2. The van der Waals surface area contributed by atoms with E-state index in [1.54, 1.807) is 7.05 Å². The number of anilines is 2. The Hall–Kier alpha value is -1.65.